The number of fused-ring (bicyclic) bond motifs is 1. The molecule has 0 bridgehead atoms. The monoisotopic (exact) mass is 260 g/mol. The molecule has 1 aromatic carbocycles. The topological polar surface area (TPSA) is 26.2 Å². The Morgan fingerprint density at radius 1 is 1.26 bits per heavy atom. The van der Waals surface area contributed by atoms with Crippen molar-refractivity contribution in [3.63, 3.8) is 0 Å². The second kappa shape index (κ2) is 5.66. The number of rotatable bonds is 5. The second-order valence-corrected chi connectivity index (χ2v) is 5.43. The fraction of sp³-hybridized carbons (Fsp3) is 0.500. The van der Waals surface area contributed by atoms with Gasteiger partial charge < -0.3 is 14.6 Å². The first-order chi connectivity index (χ1) is 9.06. The van der Waals surface area contributed by atoms with Crippen molar-refractivity contribution in [2.75, 3.05) is 14.2 Å². The predicted molar refractivity (Wildman–Crippen MR) is 81.1 cm³/mol. The Morgan fingerprint density at radius 3 is 2.58 bits per heavy atom. The maximum atomic E-state index is 5.35. The Hall–Kier alpha value is -1.48. The summed E-state index contributed by atoms with van der Waals surface area (Å²) in [6, 6.07) is 7.27. The number of aromatic nitrogens is 1. The molecule has 0 aliphatic heterocycles. The van der Waals surface area contributed by atoms with Gasteiger partial charge in [0.2, 0.25) is 0 Å². The number of likely N-dealkylation sites (N-methyl/N-ethyl adjacent to an activating group) is 1. The van der Waals surface area contributed by atoms with Crippen LogP contribution in [-0.4, -0.2) is 24.8 Å². The van der Waals surface area contributed by atoms with E-state index in [0.717, 1.165) is 12.2 Å². The summed E-state index contributed by atoms with van der Waals surface area (Å²) in [6.07, 6.45) is 3.31. The molecule has 104 valence electrons. The maximum absolute atomic E-state index is 5.35. The Morgan fingerprint density at radius 2 is 2.00 bits per heavy atom. The highest BCUT2D eigenvalue weighted by atomic mass is 16.5. The van der Waals surface area contributed by atoms with Crippen molar-refractivity contribution in [3.8, 4) is 5.75 Å². The number of nitrogens with zero attached hydrogens (tertiary/aromatic N) is 1. The van der Waals surface area contributed by atoms with E-state index in [9.17, 15) is 0 Å². The van der Waals surface area contributed by atoms with Crippen LogP contribution in [-0.2, 0) is 6.42 Å². The van der Waals surface area contributed by atoms with Crippen LogP contribution in [0.4, 0.5) is 0 Å². The molecule has 19 heavy (non-hydrogen) atoms. The number of ether oxygens (including phenoxy) is 1. The zero-order valence-corrected chi connectivity index (χ0v) is 12.5. The van der Waals surface area contributed by atoms with Crippen LogP contribution >= 0.6 is 0 Å². The third-order valence-electron chi connectivity index (χ3n) is 3.70. The van der Waals surface area contributed by atoms with Crippen molar-refractivity contribution in [2.24, 2.45) is 0 Å². The molecule has 0 saturated heterocycles. The van der Waals surface area contributed by atoms with Gasteiger partial charge in [-0.25, -0.2) is 0 Å². The lowest BCUT2D eigenvalue weighted by Crippen LogP contribution is -2.23. The lowest BCUT2D eigenvalue weighted by molar-refractivity contribution is 0.415. The largest absolute Gasteiger partial charge is 0.497 e. The summed E-state index contributed by atoms with van der Waals surface area (Å²) in [5.41, 5.74) is 2.67. The quantitative estimate of drug-likeness (QED) is 0.892. The summed E-state index contributed by atoms with van der Waals surface area (Å²) in [6.45, 7) is 6.64. The van der Waals surface area contributed by atoms with Crippen molar-refractivity contribution in [1.29, 1.82) is 0 Å². The van der Waals surface area contributed by atoms with Crippen LogP contribution in [0.25, 0.3) is 10.9 Å². The Kier molecular flexibility index (Phi) is 4.15. The molecular formula is C16H24N2O. The molecule has 3 heteroatoms. The van der Waals surface area contributed by atoms with Gasteiger partial charge in [-0.15, -0.1) is 0 Å². The highest BCUT2D eigenvalue weighted by molar-refractivity contribution is 5.85. The minimum absolute atomic E-state index is 0.467. The van der Waals surface area contributed by atoms with E-state index in [1.165, 1.54) is 16.5 Å². The zero-order chi connectivity index (χ0) is 14.0. The zero-order valence-electron chi connectivity index (χ0n) is 12.5. The minimum atomic E-state index is 0.467. The lowest BCUT2D eigenvalue weighted by Gasteiger charge is -2.09. The SMILES string of the molecule is CNC(C)Cc1cn(C(C)C)c2ccc(OC)cc12. The summed E-state index contributed by atoms with van der Waals surface area (Å²) in [5.74, 6) is 0.923. The van der Waals surface area contributed by atoms with Crippen LogP contribution in [0.3, 0.4) is 0 Å². The van der Waals surface area contributed by atoms with Crippen molar-refractivity contribution in [2.45, 2.75) is 39.3 Å². The highest BCUT2D eigenvalue weighted by Crippen LogP contribution is 2.29. The summed E-state index contributed by atoms with van der Waals surface area (Å²) >= 11 is 0. The van der Waals surface area contributed by atoms with E-state index in [1.807, 2.05) is 13.1 Å². The van der Waals surface area contributed by atoms with Gasteiger partial charge in [0.25, 0.3) is 0 Å². The van der Waals surface area contributed by atoms with Crippen LogP contribution in [0.2, 0.25) is 0 Å². The van der Waals surface area contributed by atoms with Gasteiger partial charge in [0, 0.05) is 29.2 Å². The molecule has 1 aromatic heterocycles. The Labute approximate surface area is 115 Å². The van der Waals surface area contributed by atoms with Gasteiger partial charge in [-0.2, -0.15) is 0 Å². The van der Waals surface area contributed by atoms with Gasteiger partial charge in [0.15, 0.2) is 0 Å². The van der Waals surface area contributed by atoms with Crippen LogP contribution in [0.15, 0.2) is 24.4 Å². The molecule has 0 spiro atoms. The molecule has 2 rings (SSSR count). The second-order valence-electron chi connectivity index (χ2n) is 5.43. The average molecular weight is 260 g/mol. The molecular weight excluding hydrogens is 236 g/mol. The summed E-state index contributed by atoms with van der Waals surface area (Å²) in [5, 5.41) is 4.61. The minimum Gasteiger partial charge on any atom is -0.497 e. The van der Waals surface area contributed by atoms with Crippen LogP contribution in [0, 0.1) is 0 Å². The van der Waals surface area contributed by atoms with Crippen LogP contribution in [0.1, 0.15) is 32.4 Å². The molecule has 0 aliphatic rings. The average Bonchev–Trinajstić information content (AvgIpc) is 2.76. The molecule has 1 unspecified atom stereocenters. The van der Waals surface area contributed by atoms with E-state index in [0.29, 0.717) is 12.1 Å². The first-order valence-corrected chi connectivity index (χ1v) is 6.91. The number of nitrogens with one attached hydrogen (secondary N) is 1. The Balaban J connectivity index is 2.54. The standard InChI is InChI=1S/C16H24N2O/c1-11(2)18-10-13(8-12(3)17-4)15-9-14(19-5)6-7-16(15)18/h6-7,9-12,17H,8H2,1-5H3. The molecule has 1 N–H and O–H groups in total. The summed E-state index contributed by atoms with van der Waals surface area (Å²) < 4.78 is 7.69. The van der Waals surface area contributed by atoms with Crippen LogP contribution < -0.4 is 10.1 Å². The van der Waals surface area contributed by atoms with Crippen LogP contribution in [0.5, 0.6) is 5.75 Å². The highest BCUT2D eigenvalue weighted by Gasteiger charge is 2.13. The fourth-order valence-electron chi connectivity index (χ4n) is 2.45. The number of methoxy groups -OCH3 is 1. The number of hydrogen-bond acceptors (Lipinski definition) is 2. The van der Waals surface area contributed by atoms with Gasteiger partial charge in [-0.1, -0.05) is 0 Å². The smallest absolute Gasteiger partial charge is 0.119 e. The molecule has 0 saturated carbocycles. The first-order valence-electron chi connectivity index (χ1n) is 6.91. The Bertz CT molecular complexity index is 557. The fourth-order valence-corrected chi connectivity index (χ4v) is 2.45. The van der Waals surface area contributed by atoms with Gasteiger partial charge >= 0.3 is 0 Å². The molecule has 0 aliphatic carbocycles. The van der Waals surface area contributed by atoms with E-state index in [-0.39, 0.29) is 0 Å². The van der Waals surface area contributed by atoms with Gasteiger partial charge in [0.05, 0.1) is 7.11 Å². The van der Waals surface area contributed by atoms with Crippen molar-refractivity contribution < 1.29 is 4.74 Å². The van der Waals surface area contributed by atoms with Gasteiger partial charge in [-0.3, -0.25) is 0 Å². The van der Waals surface area contributed by atoms with Gasteiger partial charge in [-0.05, 0) is 58.0 Å². The summed E-state index contributed by atoms with van der Waals surface area (Å²) in [7, 11) is 3.73. The summed E-state index contributed by atoms with van der Waals surface area (Å²) in [4.78, 5) is 0. The van der Waals surface area contributed by atoms with Gasteiger partial charge in [0.1, 0.15) is 5.75 Å². The maximum Gasteiger partial charge on any atom is 0.119 e. The predicted octanol–water partition coefficient (Wildman–Crippen LogP) is 3.38. The molecule has 1 atom stereocenters. The number of benzene rings is 1. The third kappa shape index (κ3) is 2.76. The van der Waals surface area contributed by atoms with E-state index in [4.69, 9.17) is 4.74 Å². The third-order valence-corrected chi connectivity index (χ3v) is 3.70. The molecule has 0 radical (unpaired) electrons. The normalized spacial score (nSPS) is 13.2. The molecule has 0 fully saturated rings. The van der Waals surface area contributed by atoms with E-state index in [2.05, 4.69) is 49.0 Å². The molecule has 2 aromatic rings. The molecule has 3 nitrogen and oxygen atoms in total. The number of hydrogen-bond donors (Lipinski definition) is 1. The van der Waals surface area contributed by atoms with E-state index in [1.54, 1.807) is 7.11 Å². The van der Waals surface area contributed by atoms with E-state index >= 15 is 0 Å². The first kappa shape index (κ1) is 13.9. The lowest BCUT2D eigenvalue weighted by atomic mass is 10.1. The molecule has 0 amide bonds. The molecule has 1 heterocycles. The van der Waals surface area contributed by atoms with Crippen molar-refractivity contribution in [3.05, 3.63) is 30.0 Å². The van der Waals surface area contributed by atoms with Crippen molar-refractivity contribution in [1.82, 2.24) is 9.88 Å². The van der Waals surface area contributed by atoms with Crippen molar-refractivity contribution >= 4 is 10.9 Å². The van der Waals surface area contributed by atoms with E-state index < -0.39 is 0 Å².